The van der Waals surface area contributed by atoms with Crippen molar-refractivity contribution >= 4 is 23.7 Å². The standard InChI is InChI=1S/C20H16N2O6/c23-13-6-5-11-8-16(20(28)21(10-17(24)25)9-12(11)7-13)22-18(26)14-3-1-2-4-15(14)19(22)27/h1-7,16,23H,8-10H2,(H,24,25)/t16-/m0/s1. The molecule has 4 rings (SSSR count). The summed E-state index contributed by atoms with van der Waals surface area (Å²) in [7, 11) is 0. The Kier molecular flexibility index (Phi) is 4.11. The van der Waals surface area contributed by atoms with Crippen LogP contribution in [0.1, 0.15) is 31.8 Å². The van der Waals surface area contributed by atoms with Crippen molar-refractivity contribution in [1.82, 2.24) is 9.80 Å². The van der Waals surface area contributed by atoms with Crippen molar-refractivity contribution in [1.29, 1.82) is 0 Å². The van der Waals surface area contributed by atoms with Crippen LogP contribution in [-0.2, 0) is 22.6 Å². The number of phenols is 1. The highest BCUT2D eigenvalue weighted by Crippen LogP contribution is 2.30. The maximum absolute atomic E-state index is 13.1. The van der Waals surface area contributed by atoms with E-state index in [9.17, 15) is 29.4 Å². The number of hydrogen-bond acceptors (Lipinski definition) is 5. The van der Waals surface area contributed by atoms with E-state index in [1.165, 1.54) is 24.3 Å². The first-order valence-electron chi connectivity index (χ1n) is 8.65. The summed E-state index contributed by atoms with van der Waals surface area (Å²) in [6, 6.07) is 9.70. The molecule has 2 aromatic carbocycles. The lowest BCUT2D eigenvalue weighted by molar-refractivity contribution is -0.146. The highest BCUT2D eigenvalue weighted by Gasteiger charge is 2.45. The molecule has 142 valence electrons. The van der Waals surface area contributed by atoms with E-state index in [1.807, 2.05) is 0 Å². The smallest absolute Gasteiger partial charge is 0.323 e. The van der Waals surface area contributed by atoms with Crippen molar-refractivity contribution in [2.75, 3.05) is 6.54 Å². The maximum Gasteiger partial charge on any atom is 0.323 e. The van der Waals surface area contributed by atoms with E-state index in [0.29, 0.717) is 11.1 Å². The fourth-order valence-electron chi connectivity index (χ4n) is 3.74. The molecular formula is C20H16N2O6. The van der Waals surface area contributed by atoms with Crippen molar-refractivity contribution in [3.63, 3.8) is 0 Å². The van der Waals surface area contributed by atoms with Crippen LogP contribution in [0.25, 0.3) is 0 Å². The maximum atomic E-state index is 13.1. The molecule has 8 nitrogen and oxygen atoms in total. The van der Waals surface area contributed by atoms with Crippen LogP contribution in [0.2, 0.25) is 0 Å². The normalized spacial score (nSPS) is 18.7. The van der Waals surface area contributed by atoms with Gasteiger partial charge >= 0.3 is 5.97 Å². The average Bonchev–Trinajstić information content (AvgIpc) is 2.83. The molecule has 0 aliphatic carbocycles. The summed E-state index contributed by atoms with van der Waals surface area (Å²) in [5, 5.41) is 18.9. The molecule has 0 aromatic heterocycles. The number of carboxylic acids is 1. The quantitative estimate of drug-likeness (QED) is 0.769. The lowest BCUT2D eigenvalue weighted by Crippen LogP contribution is -2.51. The predicted molar refractivity (Wildman–Crippen MR) is 95.6 cm³/mol. The number of carboxylic acid groups (broad SMARTS) is 1. The Balaban J connectivity index is 1.78. The largest absolute Gasteiger partial charge is 0.508 e. The van der Waals surface area contributed by atoms with Crippen LogP contribution >= 0.6 is 0 Å². The van der Waals surface area contributed by atoms with Crippen LogP contribution in [0, 0.1) is 0 Å². The minimum absolute atomic E-state index is 0.0133. The molecule has 28 heavy (non-hydrogen) atoms. The first-order valence-corrected chi connectivity index (χ1v) is 8.65. The highest BCUT2D eigenvalue weighted by atomic mass is 16.4. The zero-order chi connectivity index (χ0) is 20.0. The number of amides is 3. The molecule has 1 atom stereocenters. The van der Waals surface area contributed by atoms with Gasteiger partial charge in [0.25, 0.3) is 11.8 Å². The number of aromatic hydroxyl groups is 1. The third kappa shape index (κ3) is 2.79. The van der Waals surface area contributed by atoms with E-state index in [0.717, 1.165) is 9.80 Å². The van der Waals surface area contributed by atoms with Gasteiger partial charge in [-0.05, 0) is 35.4 Å². The van der Waals surface area contributed by atoms with Crippen molar-refractivity contribution in [2.24, 2.45) is 0 Å². The van der Waals surface area contributed by atoms with Crippen LogP contribution < -0.4 is 0 Å². The fourth-order valence-corrected chi connectivity index (χ4v) is 3.74. The van der Waals surface area contributed by atoms with Crippen LogP contribution in [-0.4, -0.2) is 56.3 Å². The van der Waals surface area contributed by atoms with Gasteiger partial charge in [0.1, 0.15) is 18.3 Å². The van der Waals surface area contributed by atoms with Crippen LogP contribution in [0.3, 0.4) is 0 Å². The molecule has 2 aliphatic heterocycles. The first-order chi connectivity index (χ1) is 13.4. The van der Waals surface area contributed by atoms with E-state index < -0.39 is 36.3 Å². The Labute approximate surface area is 159 Å². The van der Waals surface area contributed by atoms with Crippen molar-refractivity contribution in [2.45, 2.75) is 19.0 Å². The topological polar surface area (TPSA) is 115 Å². The van der Waals surface area contributed by atoms with E-state index >= 15 is 0 Å². The van der Waals surface area contributed by atoms with Crippen LogP contribution in [0.15, 0.2) is 42.5 Å². The molecule has 3 amide bonds. The van der Waals surface area contributed by atoms with Crippen LogP contribution in [0.5, 0.6) is 5.75 Å². The molecule has 2 N–H and O–H groups in total. The molecule has 0 radical (unpaired) electrons. The number of nitrogens with zero attached hydrogens (tertiary/aromatic N) is 2. The highest BCUT2D eigenvalue weighted by molar-refractivity contribution is 6.22. The predicted octanol–water partition coefficient (Wildman–Crippen LogP) is 1.03. The van der Waals surface area contributed by atoms with E-state index in [1.54, 1.807) is 18.2 Å². The van der Waals surface area contributed by atoms with Crippen molar-refractivity contribution in [3.05, 3.63) is 64.7 Å². The lowest BCUT2D eigenvalue weighted by Gasteiger charge is -2.28. The molecule has 2 aromatic rings. The molecule has 0 saturated heterocycles. The van der Waals surface area contributed by atoms with Gasteiger partial charge in [0.2, 0.25) is 5.91 Å². The summed E-state index contributed by atoms with van der Waals surface area (Å²) in [6.45, 7) is -0.609. The minimum Gasteiger partial charge on any atom is -0.508 e. The second-order valence-electron chi connectivity index (χ2n) is 6.79. The molecule has 0 fully saturated rings. The summed E-state index contributed by atoms with van der Waals surface area (Å²) in [6.07, 6.45) is 0.0516. The number of rotatable bonds is 3. The number of benzene rings is 2. The second-order valence-corrected chi connectivity index (χ2v) is 6.79. The Morgan fingerprint density at radius 1 is 1.00 bits per heavy atom. The summed E-state index contributed by atoms with van der Waals surface area (Å²) in [5.74, 6) is -2.99. The number of carbonyl (C=O) groups is 4. The number of carbonyl (C=O) groups excluding carboxylic acids is 3. The van der Waals surface area contributed by atoms with Gasteiger partial charge in [0.05, 0.1) is 11.1 Å². The number of aliphatic carboxylic acids is 1. The van der Waals surface area contributed by atoms with Crippen molar-refractivity contribution in [3.8, 4) is 5.75 Å². The number of hydrogen-bond donors (Lipinski definition) is 2. The molecule has 0 bridgehead atoms. The molecule has 0 saturated carbocycles. The minimum atomic E-state index is -1.21. The number of imide groups is 1. The fraction of sp³-hybridized carbons (Fsp3) is 0.200. The third-order valence-corrected chi connectivity index (χ3v) is 5.02. The molecule has 2 heterocycles. The van der Waals surface area contributed by atoms with Crippen molar-refractivity contribution < 1.29 is 29.4 Å². The van der Waals surface area contributed by atoms with E-state index in [4.69, 9.17) is 0 Å². The first kappa shape index (κ1) is 17.7. The summed E-state index contributed by atoms with van der Waals surface area (Å²) >= 11 is 0. The van der Waals surface area contributed by atoms with Gasteiger partial charge in [-0.3, -0.25) is 24.1 Å². The zero-order valence-corrected chi connectivity index (χ0v) is 14.7. The molecule has 2 aliphatic rings. The number of fused-ring (bicyclic) bond motifs is 2. The Morgan fingerprint density at radius 3 is 2.25 bits per heavy atom. The Bertz CT molecular complexity index is 996. The van der Waals surface area contributed by atoms with Gasteiger partial charge in [-0.2, -0.15) is 0 Å². The van der Waals surface area contributed by atoms with Gasteiger partial charge in [0.15, 0.2) is 0 Å². The summed E-state index contributed by atoms with van der Waals surface area (Å²) < 4.78 is 0. The number of phenolic OH excluding ortho intramolecular Hbond substituents is 1. The molecule has 0 spiro atoms. The monoisotopic (exact) mass is 380 g/mol. The average molecular weight is 380 g/mol. The Hall–Kier alpha value is -3.68. The SMILES string of the molecule is O=C(O)CN1Cc2cc(O)ccc2C[C@H](N2C(=O)c3ccccc3C2=O)C1=O. The zero-order valence-electron chi connectivity index (χ0n) is 14.7. The second kappa shape index (κ2) is 6.49. The lowest BCUT2D eigenvalue weighted by atomic mass is 10.0. The molecule has 0 unspecified atom stereocenters. The van der Waals surface area contributed by atoms with E-state index in [-0.39, 0.29) is 29.8 Å². The summed E-state index contributed by atoms with van der Waals surface area (Å²) in [5.41, 5.74) is 1.69. The summed E-state index contributed by atoms with van der Waals surface area (Å²) in [4.78, 5) is 52.0. The Morgan fingerprint density at radius 2 is 1.64 bits per heavy atom. The molecule has 8 heteroatoms. The van der Waals surface area contributed by atoms with Gasteiger partial charge in [-0.15, -0.1) is 0 Å². The molecular weight excluding hydrogens is 364 g/mol. The van der Waals surface area contributed by atoms with Gasteiger partial charge in [-0.1, -0.05) is 18.2 Å². The van der Waals surface area contributed by atoms with E-state index in [2.05, 4.69) is 0 Å². The van der Waals surface area contributed by atoms with Crippen LogP contribution in [0.4, 0.5) is 0 Å². The van der Waals surface area contributed by atoms with Gasteiger partial charge in [0, 0.05) is 13.0 Å². The third-order valence-electron chi connectivity index (χ3n) is 5.02. The van der Waals surface area contributed by atoms with Gasteiger partial charge in [-0.25, -0.2) is 0 Å². The van der Waals surface area contributed by atoms with Gasteiger partial charge < -0.3 is 15.1 Å².